The number of pyridine rings is 1. The summed E-state index contributed by atoms with van der Waals surface area (Å²) < 4.78 is 11.2. The van der Waals surface area contributed by atoms with Crippen molar-refractivity contribution in [3.8, 4) is 17.2 Å². The Hall–Kier alpha value is -1.74. The van der Waals surface area contributed by atoms with Gasteiger partial charge in [0.25, 0.3) is 0 Å². The molecule has 94 valence electrons. The van der Waals surface area contributed by atoms with E-state index >= 15 is 0 Å². The van der Waals surface area contributed by atoms with Crippen molar-refractivity contribution in [2.75, 3.05) is 6.61 Å². The highest BCUT2D eigenvalue weighted by Crippen LogP contribution is 2.31. The Kier molecular flexibility index (Phi) is 4.05. The molecule has 0 spiro atoms. The molecule has 0 aliphatic carbocycles. The first kappa shape index (κ1) is 12.7. The van der Waals surface area contributed by atoms with E-state index in [-0.39, 0.29) is 0 Å². The van der Waals surface area contributed by atoms with Gasteiger partial charge in [0.1, 0.15) is 10.9 Å². The number of benzene rings is 1. The predicted octanol–water partition coefficient (Wildman–Crippen LogP) is 4.23. The van der Waals surface area contributed by atoms with Crippen LogP contribution in [0.25, 0.3) is 0 Å². The summed E-state index contributed by atoms with van der Waals surface area (Å²) in [6.07, 6.45) is 1.60. The molecule has 0 saturated carbocycles. The van der Waals surface area contributed by atoms with Crippen LogP contribution in [0.3, 0.4) is 0 Å². The third-order valence-electron chi connectivity index (χ3n) is 2.37. The first-order chi connectivity index (χ1) is 8.70. The van der Waals surface area contributed by atoms with Crippen LogP contribution in [0.15, 0.2) is 36.5 Å². The van der Waals surface area contributed by atoms with Crippen molar-refractivity contribution < 1.29 is 9.47 Å². The first-order valence-electron chi connectivity index (χ1n) is 5.72. The highest BCUT2D eigenvalue weighted by Gasteiger charge is 2.06. The van der Waals surface area contributed by atoms with Crippen molar-refractivity contribution in [1.82, 2.24) is 4.98 Å². The van der Waals surface area contributed by atoms with Gasteiger partial charge in [0.15, 0.2) is 11.5 Å². The van der Waals surface area contributed by atoms with Crippen LogP contribution in [-0.4, -0.2) is 11.6 Å². The lowest BCUT2D eigenvalue weighted by atomic mass is 10.3. The molecule has 0 saturated heterocycles. The highest BCUT2D eigenvalue weighted by atomic mass is 35.5. The van der Waals surface area contributed by atoms with Crippen LogP contribution >= 0.6 is 11.6 Å². The smallest absolute Gasteiger partial charge is 0.169 e. The summed E-state index contributed by atoms with van der Waals surface area (Å²) in [5.74, 6) is 2.03. The summed E-state index contributed by atoms with van der Waals surface area (Å²) in [5.41, 5.74) is 0.878. The molecule has 0 bridgehead atoms. The zero-order valence-electron chi connectivity index (χ0n) is 10.3. The van der Waals surface area contributed by atoms with Crippen LogP contribution in [-0.2, 0) is 0 Å². The largest absolute Gasteiger partial charge is 0.490 e. The Labute approximate surface area is 111 Å². The molecule has 0 fully saturated rings. The third-order valence-corrected chi connectivity index (χ3v) is 2.76. The van der Waals surface area contributed by atoms with Crippen LogP contribution < -0.4 is 9.47 Å². The number of ether oxygens (including phenoxy) is 2. The molecular weight excluding hydrogens is 250 g/mol. The van der Waals surface area contributed by atoms with Crippen LogP contribution in [0.1, 0.15) is 12.5 Å². The van der Waals surface area contributed by atoms with E-state index < -0.39 is 0 Å². The standard InChI is InChI=1S/C14H14ClNO2/c1-3-17-12-6-4-5-7-13(12)18-11-8-10(2)14(15)16-9-11/h4-9H,3H2,1-2H3. The van der Waals surface area contributed by atoms with Gasteiger partial charge >= 0.3 is 0 Å². The molecule has 0 N–H and O–H groups in total. The van der Waals surface area contributed by atoms with Gasteiger partial charge in [-0.1, -0.05) is 23.7 Å². The van der Waals surface area contributed by atoms with Crippen LogP contribution in [0.4, 0.5) is 0 Å². The molecule has 1 aromatic heterocycles. The second-order valence-electron chi connectivity index (χ2n) is 3.76. The predicted molar refractivity (Wildman–Crippen MR) is 71.7 cm³/mol. The van der Waals surface area contributed by atoms with E-state index in [4.69, 9.17) is 21.1 Å². The zero-order valence-corrected chi connectivity index (χ0v) is 11.1. The van der Waals surface area contributed by atoms with Gasteiger partial charge in [0, 0.05) is 0 Å². The second-order valence-corrected chi connectivity index (χ2v) is 4.12. The number of aryl methyl sites for hydroxylation is 1. The SMILES string of the molecule is CCOc1ccccc1Oc1cnc(Cl)c(C)c1. The maximum absolute atomic E-state index is 5.87. The minimum Gasteiger partial charge on any atom is -0.490 e. The van der Waals surface area contributed by atoms with E-state index in [0.717, 1.165) is 5.56 Å². The zero-order chi connectivity index (χ0) is 13.0. The summed E-state index contributed by atoms with van der Waals surface area (Å²) in [7, 11) is 0. The van der Waals surface area contributed by atoms with Crippen molar-refractivity contribution in [2.24, 2.45) is 0 Å². The maximum Gasteiger partial charge on any atom is 0.169 e. The molecule has 0 radical (unpaired) electrons. The van der Waals surface area contributed by atoms with Crippen molar-refractivity contribution in [1.29, 1.82) is 0 Å². The van der Waals surface area contributed by atoms with E-state index in [1.807, 2.05) is 44.2 Å². The molecule has 1 heterocycles. The fraction of sp³-hybridized carbons (Fsp3) is 0.214. The first-order valence-corrected chi connectivity index (χ1v) is 6.10. The Bertz CT molecular complexity index is 543. The fourth-order valence-electron chi connectivity index (χ4n) is 1.52. The van der Waals surface area contributed by atoms with Crippen LogP contribution in [0.5, 0.6) is 17.2 Å². The Morgan fingerprint density at radius 1 is 1.22 bits per heavy atom. The van der Waals surface area contributed by atoms with Crippen LogP contribution in [0, 0.1) is 6.92 Å². The molecule has 3 nitrogen and oxygen atoms in total. The average molecular weight is 264 g/mol. The number of nitrogens with zero attached hydrogens (tertiary/aromatic N) is 1. The lowest BCUT2D eigenvalue weighted by molar-refractivity contribution is 0.321. The van der Waals surface area contributed by atoms with E-state index in [2.05, 4.69) is 4.98 Å². The Morgan fingerprint density at radius 3 is 2.61 bits per heavy atom. The number of hydrogen-bond acceptors (Lipinski definition) is 3. The number of para-hydroxylation sites is 2. The van der Waals surface area contributed by atoms with Crippen molar-refractivity contribution in [3.63, 3.8) is 0 Å². The molecule has 0 aliphatic rings. The summed E-state index contributed by atoms with van der Waals surface area (Å²) >= 11 is 5.87. The molecule has 0 unspecified atom stereocenters. The average Bonchev–Trinajstić information content (AvgIpc) is 2.37. The van der Waals surface area contributed by atoms with Crippen molar-refractivity contribution in [3.05, 3.63) is 47.2 Å². The lowest BCUT2D eigenvalue weighted by Gasteiger charge is -2.11. The molecule has 18 heavy (non-hydrogen) atoms. The molecular formula is C14H14ClNO2. The van der Waals surface area contributed by atoms with Gasteiger partial charge in [0.05, 0.1) is 12.8 Å². The lowest BCUT2D eigenvalue weighted by Crippen LogP contribution is -1.95. The molecule has 0 amide bonds. The van der Waals surface area contributed by atoms with Gasteiger partial charge in [-0.3, -0.25) is 0 Å². The van der Waals surface area contributed by atoms with Gasteiger partial charge in [-0.25, -0.2) is 4.98 Å². The quantitative estimate of drug-likeness (QED) is 0.774. The van der Waals surface area contributed by atoms with E-state index in [1.165, 1.54) is 0 Å². The number of rotatable bonds is 4. The molecule has 2 rings (SSSR count). The summed E-state index contributed by atoms with van der Waals surface area (Å²) in [6.45, 7) is 4.42. The summed E-state index contributed by atoms with van der Waals surface area (Å²) in [4.78, 5) is 4.05. The third kappa shape index (κ3) is 2.93. The van der Waals surface area contributed by atoms with Crippen LogP contribution in [0.2, 0.25) is 5.15 Å². The van der Waals surface area contributed by atoms with E-state index in [0.29, 0.717) is 29.0 Å². The summed E-state index contributed by atoms with van der Waals surface area (Å²) in [6, 6.07) is 9.37. The number of aromatic nitrogens is 1. The number of hydrogen-bond donors (Lipinski definition) is 0. The summed E-state index contributed by atoms with van der Waals surface area (Å²) in [5, 5.41) is 0.487. The molecule has 4 heteroatoms. The van der Waals surface area contributed by atoms with Gasteiger partial charge in [-0.05, 0) is 37.6 Å². The minimum atomic E-state index is 0.487. The fourth-order valence-corrected chi connectivity index (χ4v) is 1.63. The maximum atomic E-state index is 5.87. The van der Waals surface area contributed by atoms with E-state index in [9.17, 15) is 0 Å². The normalized spacial score (nSPS) is 10.2. The Morgan fingerprint density at radius 2 is 1.94 bits per heavy atom. The van der Waals surface area contributed by atoms with Crippen molar-refractivity contribution >= 4 is 11.6 Å². The second kappa shape index (κ2) is 5.74. The van der Waals surface area contributed by atoms with Gasteiger partial charge < -0.3 is 9.47 Å². The topological polar surface area (TPSA) is 31.4 Å². The molecule has 0 aliphatic heterocycles. The molecule has 0 atom stereocenters. The highest BCUT2D eigenvalue weighted by molar-refractivity contribution is 6.30. The van der Waals surface area contributed by atoms with Crippen molar-refractivity contribution in [2.45, 2.75) is 13.8 Å². The molecule has 1 aromatic carbocycles. The minimum absolute atomic E-state index is 0.487. The monoisotopic (exact) mass is 263 g/mol. The van der Waals surface area contributed by atoms with Gasteiger partial charge in [0.2, 0.25) is 0 Å². The number of halogens is 1. The van der Waals surface area contributed by atoms with Gasteiger partial charge in [-0.2, -0.15) is 0 Å². The Balaban J connectivity index is 2.25. The van der Waals surface area contributed by atoms with Gasteiger partial charge in [-0.15, -0.1) is 0 Å². The molecule has 2 aromatic rings. The van der Waals surface area contributed by atoms with E-state index in [1.54, 1.807) is 6.20 Å².